The molecule has 1 aromatic heterocycles. The summed E-state index contributed by atoms with van der Waals surface area (Å²) in [5.74, 6) is 0.0301. The van der Waals surface area contributed by atoms with E-state index in [1.807, 2.05) is 24.3 Å². The Labute approximate surface area is 115 Å². The van der Waals surface area contributed by atoms with E-state index >= 15 is 0 Å². The van der Waals surface area contributed by atoms with E-state index in [0.717, 1.165) is 15.2 Å². The number of hydrogen-bond donors (Lipinski definition) is 0. The minimum atomic E-state index is 0.0301. The summed E-state index contributed by atoms with van der Waals surface area (Å²) in [7, 11) is 0. The van der Waals surface area contributed by atoms with Gasteiger partial charge >= 0.3 is 0 Å². The number of morpholine rings is 1. The third-order valence-electron chi connectivity index (χ3n) is 3.00. The second-order valence-electron chi connectivity index (χ2n) is 4.29. The highest BCUT2D eigenvalue weighted by Gasteiger charge is 2.14. The van der Waals surface area contributed by atoms with E-state index in [9.17, 15) is 4.79 Å². The highest BCUT2D eigenvalue weighted by atomic mass is 32.1. The summed E-state index contributed by atoms with van der Waals surface area (Å²) in [6, 6.07) is 7.97. The van der Waals surface area contributed by atoms with Gasteiger partial charge in [-0.25, -0.2) is 4.98 Å². The molecule has 0 N–H and O–H groups in total. The van der Waals surface area contributed by atoms with Gasteiger partial charge in [-0.2, -0.15) is 0 Å². The zero-order valence-corrected chi connectivity index (χ0v) is 11.2. The second-order valence-corrected chi connectivity index (χ2v) is 5.35. The van der Waals surface area contributed by atoms with Crippen molar-refractivity contribution < 1.29 is 9.53 Å². The normalized spacial score (nSPS) is 16.3. The van der Waals surface area contributed by atoms with Gasteiger partial charge in [-0.15, -0.1) is 11.3 Å². The van der Waals surface area contributed by atoms with Crippen molar-refractivity contribution in [2.45, 2.75) is 0 Å². The van der Waals surface area contributed by atoms with Gasteiger partial charge in [0.05, 0.1) is 23.4 Å². The zero-order valence-electron chi connectivity index (χ0n) is 10.4. The molecule has 5 heteroatoms. The van der Waals surface area contributed by atoms with Crippen molar-refractivity contribution in [2.75, 3.05) is 26.3 Å². The van der Waals surface area contributed by atoms with Gasteiger partial charge in [-0.3, -0.25) is 4.79 Å². The Kier molecular flexibility index (Phi) is 3.57. The molecule has 0 spiro atoms. The number of carbonyl (C=O) groups excluding carboxylic acids is 1. The number of rotatable bonds is 2. The number of amides is 1. The van der Waals surface area contributed by atoms with E-state index in [1.54, 1.807) is 28.4 Å². The third-order valence-corrected chi connectivity index (χ3v) is 4.00. The first-order valence-electron chi connectivity index (χ1n) is 6.23. The molecule has 98 valence electrons. The molecule has 2 heterocycles. The lowest BCUT2D eigenvalue weighted by Gasteiger charge is -2.25. The number of para-hydroxylation sites is 1. The van der Waals surface area contributed by atoms with Gasteiger partial charge in [-0.1, -0.05) is 12.1 Å². The number of nitrogens with zero attached hydrogens (tertiary/aromatic N) is 2. The number of ether oxygens (including phenoxy) is 1. The van der Waals surface area contributed by atoms with Gasteiger partial charge in [0.15, 0.2) is 0 Å². The molecule has 1 aliphatic rings. The van der Waals surface area contributed by atoms with Crippen LogP contribution in [-0.4, -0.2) is 42.1 Å². The highest BCUT2D eigenvalue weighted by molar-refractivity contribution is 7.19. The fourth-order valence-corrected chi connectivity index (χ4v) is 2.86. The Morgan fingerprint density at radius 3 is 2.89 bits per heavy atom. The molecule has 0 atom stereocenters. The molecule has 3 rings (SSSR count). The molecule has 1 amide bonds. The van der Waals surface area contributed by atoms with E-state index in [1.165, 1.54) is 0 Å². The largest absolute Gasteiger partial charge is 0.378 e. The predicted molar refractivity (Wildman–Crippen MR) is 76.1 cm³/mol. The van der Waals surface area contributed by atoms with Gasteiger partial charge in [0, 0.05) is 19.2 Å². The maximum Gasteiger partial charge on any atom is 0.246 e. The van der Waals surface area contributed by atoms with Crippen LogP contribution in [0, 0.1) is 0 Å². The van der Waals surface area contributed by atoms with Crippen LogP contribution in [-0.2, 0) is 9.53 Å². The van der Waals surface area contributed by atoms with Crippen molar-refractivity contribution >= 4 is 33.5 Å². The minimum absolute atomic E-state index is 0.0301. The molecule has 0 bridgehead atoms. The molecular formula is C14H14N2O2S. The minimum Gasteiger partial charge on any atom is -0.378 e. The van der Waals surface area contributed by atoms with Crippen LogP contribution in [0.1, 0.15) is 5.01 Å². The molecule has 1 aromatic carbocycles. The fraction of sp³-hybridized carbons (Fsp3) is 0.286. The van der Waals surface area contributed by atoms with Crippen molar-refractivity contribution in [3.05, 3.63) is 35.3 Å². The lowest BCUT2D eigenvalue weighted by molar-refractivity contribution is -0.129. The quantitative estimate of drug-likeness (QED) is 0.788. The monoisotopic (exact) mass is 274 g/mol. The van der Waals surface area contributed by atoms with E-state index in [-0.39, 0.29) is 5.91 Å². The number of benzene rings is 1. The molecular weight excluding hydrogens is 260 g/mol. The number of carbonyl (C=O) groups is 1. The van der Waals surface area contributed by atoms with Crippen LogP contribution in [0.5, 0.6) is 0 Å². The SMILES string of the molecule is O=C(/C=C/c1nc2ccccc2s1)N1CCOCC1. The summed E-state index contributed by atoms with van der Waals surface area (Å²) in [6.07, 6.45) is 3.39. The van der Waals surface area contributed by atoms with Gasteiger partial charge in [0.2, 0.25) is 5.91 Å². The molecule has 1 aliphatic heterocycles. The average molecular weight is 274 g/mol. The topological polar surface area (TPSA) is 42.4 Å². The van der Waals surface area contributed by atoms with E-state index < -0.39 is 0 Å². The lowest BCUT2D eigenvalue weighted by Crippen LogP contribution is -2.39. The smallest absolute Gasteiger partial charge is 0.246 e. The summed E-state index contributed by atoms with van der Waals surface area (Å²) in [5, 5.41) is 0.864. The van der Waals surface area contributed by atoms with E-state index in [4.69, 9.17) is 4.74 Å². The summed E-state index contributed by atoms with van der Waals surface area (Å²) in [6.45, 7) is 2.59. The van der Waals surface area contributed by atoms with Crippen LogP contribution in [0.4, 0.5) is 0 Å². The van der Waals surface area contributed by atoms with Gasteiger partial charge in [-0.05, 0) is 18.2 Å². The van der Waals surface area contributed by atoms with Gasteiger partial charge < -0.3 is 9.64 Å². The fourth-order valence-electron chi connectivity index (χ4n) is 1.99. The van der Waals surface area contributed by atoms with Crippen molar-refractivity contribution in [3.63, 3.8) is 0 Å². The molecule has 2 aromatic rings. The first kappa shape index (κ1) is 12.3. The van der Waals surface area contributed by atoms with Gasteiger partial charge in [0.1, 0.15) is 5.01 Å². The zero-order chi connectivity index (χ0) is 13.1. The first-order valence-corrected chi connectivity index (χ1v) is 7.05. The van der Waals surface area contributed by atoms with Crippen molar-refractivity contribution in [1.29, 1.82) is 0 Å². The predicted octanol–water partition coefficient (Wildman–Crippen LogP) is 2.17. The van der Waals surface area contributed by atoms with Crippen LogP contribution >= 0.6 is 11.3 Å². The summed E-state index contributed by atoms with van der Waals surface area (Å²) >= 11 is 1.59. The third kappa shape index (κ3) is 2.83. The second kappa shape index (κ2) is 5.50. The molecule has 19 heavy (non-hydrogen) atoms. The average Bonchev–Trinajstić information content (AvgIpc) is 2.88. The number of fused-ring (bicyclic) bond motifs is 1. The lowest BCUT2D eigenvalue weighted by atomic mass is 10.3. The van der Waals surface area contributed by atoms with Crippen molar-refractivity contribution in [2.24, 2.45) is 0 Å². The molecule has 0 saturated carbocycles. The molecule has 1 fully saturated rings. The Hall–Kier alpha value is -1.72. The van der Waals surface area contributed by atoms with Crippen LogP contribution in [0.3, 0.4) is 0 Å². The van der Waals surface area contributed by atoms with Crippen LogP contribution in [0.25, 0.3) is 16.3 Å². The number of thiazole rings is 1. The maximum atomic E-state index is 11.9. The molecule has 0 unspecified atom stereocenters. The number of aromatic nitrogens is 1. The molecule has 0 radical (unpaired) electrons. The van der Waals surface area contributed by atoms with Crippen LogP contribution in [0.2, 0.25) is 0 Å². The Morgan fingerprint density at radius 2 is 2.11 bits per heavy atom. The van der Waals surface area contributed by atoms with Crippen LogP contribution < -0.4 is 0 Å². The van der Waals surface area contributed by atoms with E-state index in [0.29, 0.717) is 26.3 Å². The summed E-state index contributed by atoms with van der Waals surface area (Å²) in [4.78, 5) is 18.2. The maximum absolute atomic E-state index is 11.9. The van der Waals surface area contributed by atoms with Crippen molar-refractivity contribution in [1.82, 2.24) is 9.88 Å². The Balaban J connectivity index is 1.72. The Morgan fingerprint density at radius 1 is 1.32 bits per heavy atom. The number of hydrogen-bond acceptors (Lipinski definition) is 4. The van der Waals surface area contributed by atoms with Crippen LogP contribution in [0.15, 0.2) is 30.3 Å². The highest BCUT2D eigenvalue weighted by Crippen LogP contribution is 2.22. The Bertz CT molecular complexity index is 582. The van der Waals surface area contributed by atoms with Crippen molar-refractivity contribution in [3.8, 4) is 0 Å². The standard InChI is InChI=1S/C14H14N2O2S/c17-14(16-7-9-18-10-8-16)6-5-13-15-11-3-1-2-4-12(11)19-13/h1-6H,7-10H2/b6-5+. The summed E-state index contributed by atoms with van der Waals surface area (Å²) in [5.41, 5.74) is 0.978. The van der Waals surface area contributed by atoms with E-state index in [2.05, 4.69) is 4.98 Å². The first-order chi connectivity index (χ1) is 9.33. The summed E-state index contributed by atoms with van der Waals surface area (Å²) < 4.78 is 6.36. The molecule has 1 saturated heterocycles. The van der Waals surface area contributed by atoms with Gasteiger partial charge in [0.25, 0.3) is 0 Å². The molecule has 0 aliphatic carbocycles. The molecule has 4 nitrogen and oxygen atoms in total.